The zero-order chi connectivity index (χ0) is 20.5. The Balaban J connectivity index is 1.78. The van der Waals surface area contributed by atoms with Crippen LogP contribution in [0.15, 0.2) is 53.4 Å². The van der Waals surface area contributed by atoms with Crippen LogP contribution < -0.4 is 4.18 Å². The van der Waals surface area contributed by atoms with Gasteiger partial charge in [0.1, 0.15) is 16.5 Å². The molecular weight excluding hydrogens is 381 g/mol. The lowest BCUT2D eigenvalue weighted by Gasteiger charge is -2.29. The maximum atomic E-state index is 13.0. The summed E-state index contributed by atoms with van der Waals surface area (Å²) in [6, 6.07) is 11.4. The predicted octanol–water partition coefficient (Wildman–Crippen LogP) is 4.13. The average Bonchev–Trinajstić information content (AvgIpc) is 3.43. The first kappa shape index (κ1) is 20.3. The summed E-state index contributed by atoms with van der Waals surface area (Å²) in [7, 11) is -4.07. The van der Waals surface area contributed by atoms with E-state index < -0.39 is 21.4 Å². The first-order chi connectivity index (χ1) is 13.1. The number of amides is 1. The molecule has 0 saturated heterocycles. The van der Waals surface area contributed by atoms with Crippen molar-refractivity contribution in [3.8, 4) is 5.75 Å². The average molecular weight is 405 g/mol. The minimum absolute atomic E-state index is 0.0697. The van der Waals surface area contributed by atoms with E-state index in [0.717, 1.165) is 42.7 Å². The fourth-order valence-corrected chi connectivity index (χ4v) is 3.77. The highest BCUT2D eigenvalue weighted by molar-refractivity contribution is 7.87. The standard InChI is InChI=1S/C21H24FNO4S/c1-21(2,3)20(24)23(17-9-10-17)14-15-5-4-6-18(13-15)27-28(25,26)19-11-7-16(22)8-12-19/h4-8,11-13,17H,9-10,14H2,1-3H3. The Morgan fingerprint density at radius 3 is 2.36 bits per heavy atom. The summed E-state index contributed by atoms with van der Waals surface area (Å²) in [5, 5.41) is 0. The molecule has 0 atom stereocenters. The van der Waals surface area contributed by atoms with Crippen molar-refractivity contribution in [2.75, 3.05) is 0 Å². The van der Waals surface area contributed by atoms with Gasteiger partial charge in [-0.2, -0.15) is 8.42 Å². The van der Waals surface area contributed by atoms with Gasteiger partial charge in [-0.15, -0.1) is 0 Å². The van der Waals surface area contributed by atoms with Gasteiger partial charge in [0.05, 0.1) is 0 Å². The highest BCUT2D eigenvalue weighted by atomic mass is 32.2. The van der Waals surface area contributed by atoms with Crippen LogP contribution in [0.25, 0.3) is 0 Å². The summed E-state index contributed by atoms with van der Waals surface area (Å²) in [4.78, 5) is 14.5. The third-order valence-corrected chi connectivity index (χ3v) is 5.71. The van der Waals surface area contributed by atoms with Crippen LogP contribution in [-0.2, 0) is 21.5 Å². The van der Waals surface area contributed by atoms with Gasteiger partial charge in [0.2, 0.25) is 5.91 Å². The summed E-state index contributed by atoms with van der Waals surface area (Å²) >= 11 is 0. The molecule has 0 N–H and O–H groups in total. The molecule has 0 radical (unpaired) electrons. The molecule has 0 aliphatic heterocycles. The van der Waals surface area contributed by atoms with Gasteiger partial charge in [0, 0.05) is 18.0 Å². The summed E-state index contributed by atoms with van der Waals surface area (Å²) < 4.78 is 43.0. The molecule has 1 aliphatic rings. The number of benzene rings is 2. The Kier molecular flexibility index (Phi) is 5.48. The normalized spacial score (nSPS) is 14.6. The minimum Gasteiger partial charge on any atom is -0.379 e. The van der Waals surface area contributed by atoms with Crippen molar-refractivity contribution in [3.63, 3.8) is 0 Å². The largest absolute Gasteiger partial charge is 0.379 e. The van der Waals surface area contributed by atoms with Gasteiger partial charge < -0.3 is 9.08 Å². The molecule has 0 spiro atoms. The molecule has 1 saturated carbocycles. The van der Waals surface area contributed by atoms with Crippen molar-refractivity contribution in [2.45, 2.75) is 51.1 Å². The van der Waals surface area contributed by atoms with Crippen LogP contribution in [0.5, 0.6) is 5.75 Å². The van der Waals surface area contributed by atoms with Gasteiger partial charge in [-0.05, 0) is 54.8 Å². The third kappa shape index (κ3) is 4.90. The molecule has 0 heterocycles. The maximum absolute atomic E-state index is 13.0. The van der Waals surface area contributed by atoms with E-state index in [0.29, 0.717) is 6.54 Å². The summed E-state index contributed by atoms with van der Waals surface area (Å²) in [5.74, 6) is -0.300. The quantitative estimate of drug-likeness (QED) is 0.678. The van der Waals surface area contributed by atoms with Gasteiger partial charge in [-0.1, -0.05) is 32.9 Å². The molecule has 7 heteroatoms. The van der Waals surface area contributed by atoms with Crippen molar-refractivity contribution in [1.29, 1.82) is 0 Å². The number of rotatable bonds is 6. The van der Waals surface area contributed by atoms with Crippen molar-refractivity contribution in [2.24, 2.45) is 5.41 Å². The molecular formula is C21H24FNO4S. The van der Waals surface area contributed by atoms with Gasteiger partial charge in [0.25, 0.3) is 0 Å². The highest BCUT2D eigenvalue weighted by Gasteiger charge is 2.37. The van der Waals surface area contributed by atoms with Gasteiger partial charge >= 0.3 is 10.1 Å². The number of halogens is 1. The van der Waals surface area contributed by atoms with E-state index in [-0.39, 0.29) is 22.6 Å². The van der Waals surface area contributed by atoms with E-state index in [9.17, 15) is 17.6 Å². The van der Waals surface area contributed by atoms with Crippen molar-refractivity contribution in [1.82, 2.24) is 4.90 Å². The number of carbonyl (C=O) groups excluding carboxylic acids is 1. The lowest BCUT2D eigenvalue weighted by atomic mass is 9.94. The minimum atomic E-state index is -4.07. The van der Waals surface area contributed by atoms with E-state index in [2.05, 4.69) is 0 Å². The highest BCUT2D eigenvalue weighted by Crippen LogP contribution is 2.33. The van der Waals surface area contributed by atoms with Crippen LogP contribution >= 0.6 is 0 Å². The fraction of sp³-hybridized carbons (Fsp3) is 0.381. The summed E-state index contributed by atoms with van der Waals surface area (Å²) in [6.07, 6.45) is 1.97. The smallest absolute Gasteiger partial charge is 0.339 e. The fourth-order valence-electron chi connectivity index (χ4n) is 2.85. The maximum Gasteiger partial charge on any atom is 0.339 e. The van der Waals surface area contributed by atoms with Crippen molar-refractivity contribution >= 4 is 16.0 Å². The van der Waals surface area contributed by atoms with Crippen LogP contribution in [0, 0.1) is 11.2 Å². The number of hydrogen-bond acceptors (Lipinski definition) is 4. The number of carbonyl (C=O) groups is 1. The van der Waals surface area contributed by atoms with Crippen LogP contribution in [0.3, 0.4) is 0 Å². The monoisotopic (exact) mass is 405 g/mol. The van der Waals surface area contributed by atoms with Crippen molar-refractivity contribution < 1.29 is 21.8 Å². The predicted molar refractivity (Wildman–Crippen MR) is 104 cm³/mol. The lowest BCUT2D eigenvalue weighted by molar-refractivity contribution is -0.140. The zero-order valence-electron chi connectivity index (χ0n) is 16.2. The van der Waals surface area contributed by atoms with E-state index >= 15 is 0 Å². The molecule has 28 heavy (non-hydrogen) atoms. The molecule has 1 amide bonds. The van der Waals surface area contributed by atoms with E-state index in [1.165, 1.54) is 6.07 Å². The van der Waals surface area contributed by atoms with Gasteiger partial charge in [-0.25, -0.2) is 4.39 Å². The second kappa shape index (κ2) is 7.54. The Morgan fingerprint density at radius 2 is 1.79 bits per heavy atom. The Morgan fingerprint density at radius 1 is 1.14 bits per heavy atom. The summed E-state index contributed by atoms with van der Waals surface area (Å²) in [6.45, 7) is 6.06. The molecule has 150 valence electrons. The second-order valence-corrected chi connectivity index (χ2v) is 9.60. The Labute approximate surface area is 165 Å². The Bertz CT molecular complexity index is 961. The molecule has 5 nitrogen and oxygen atoms in total. The first-order valence-electron chi connectivity index (χ1n) is 9.16. The molecule has 1 fully saturated rings. The van der Waals surface area contributed by atoms with Crippen LogP contribution in [0.4, 0.5) is 4.39 Å². The molecule has 2 aromatic carbocycles. The molecule has 3 rings (SSSR count). The zero-order valence-corrected chi connectivity index (χ0v) is 17.0. The van der Waals surface area contributed by atoms with Crippen LogP contribution in [-0.4, -0.2) is 25.3 Å². The third-order valence-electron chi connectivity index (χ3n) is 4.45. The van der Waals surface area contributed by atoms with E-state index in [4.69, 9.17) is 4.18 Å². The summed E-state index contributed by atoms with van der Waals surface area (Å²) in [5.41, 5.74) is 0.305. The van der Waals surface area contributed by atoms with Crippen LogP contribution in [0.1, 0.15) is 39.2 Å². The Hall–Kier alpha value is -2.41. The lowest BCUT2D eigenvalue weighted by Crippen LogP contribution is -2.40. The van der Waals surface area contributed by atoms with E-state index in [1.807, 2.05) is 31.7 Å². The van der Waals surface area contributed by atoms with Gasteiger partial charge in [-0.3, -0.25) is 4.79 Å². The number of hydrogen-bond donors (Lipinski definition) is 0. The topological polar surface area (TPSA) is 63.7 Å². The molecule has 2 aromatic rings. The van der Waals surface area contributed by atoms with Crippen LogP contribution in [0.2, 0.25) is 0 Å². The SMILES string of the molecule is CC(C)(C)C(=O)N(Cc1cccc(OS(=O)(=O)c2ccc(F)cc2)c1)C1CC1. The first-order valence-corrected chi connectivity index (χ1v) is 10.6. The number of nitrogens with zero attached hydrogens (tertiary/aromatic N) is 1. The van der Waals surface area contributed by atoms with E-state index in [1.54, 1.807) is 12.1 Å². The van der Waals surface area contributed by atoms with Crippen molar-refractivity contribution in [3.05, 3.63) is 59.9 Å². The second-order valence-electron chi connectivity index (χ2n) is 8.05. The molecule has 0 bridgehead atoms. The molecule has 0 aromatic heterocycles. The molecule has 0 unspecified atom stereocenters. The van der Waals surface area contributed by atoms with Gasteiger partial charge in [0.15, 0.2) is 0 Å². The molecule has 1 aliphatic carbocycles.